The topological polar surface area (TPSA) is 143 Å². The Labute approximate surface area is 247 Å². The number of hydrogen-bond donors (Lipinski definition) is 1. The number of ether oxygens (including phenoxy) is 1. The third-order valence-electron chi connectivity index (χ3n) is 7.23. The van der Waals surface area contributed by atoms with E-state index in [1.54, 1.807) is 6.07 Å². The number of nitrogens with zero attached hydrogens (tertiary/aromatic N) is 3. The van der Waals surface area contributed by atoms with Crippen molar-refractivity contribution in [1.82, 2.24) is 19.5 Å². The molecule has 2 fully saturated rings. The van der Waals surface area contributed by atoms with E-state index in [1.807, 2.05) is 50.2 Å². The molecule has 42 heavy (non-hydrogen) atoms. The number of aromatic nitrogens is 1. The van der Waals surface area contributed by atoms with Gasteiger partial charge < -0.3 is 15.0 Å². The fourth-order valence-electron chi connectivity index (χ4n) is 5.37. The molecule has 2 aliphatic heterocycles. The molecule has 2 aliphatic rings. The lowest BCUT2D eigenvalue weighted by Crippen LogP contribution is -2.53. The van der Waals surface area contributed by atoms with Gasteiger partial charge in [0.05, 0.1) is 18.2 Å². The van der Waals surface area contributed by atoms with Crippen molar-refractivity contribution in [3.63, 3.8) is 0 Å². The number of rotatable bonds is 8. The van der Waals surface area contributed by atoms with Crippen molar-refractivity contribution in [2.24, 2.45) is 5.92 Å². The molecular weight excluding hydrogens is 580 g/mol. The van der Waals surface area contributed by atoms with Crippen LogP contribution in [0.5, 0.6) is 5.06 Å². The fourth-order valence-corrected chi connectivity index (χ4v) is 7.73. The highest BCUT2D eigenvalue weighted by atomic mass is 32.2. The van der Waals surface area contributed by atoms with Crippen LogP contribution in [0.3, 0.4) is 0 Å². The zero-order valence-corrected chi connectivity index (χ0v) is 24.6. The van der Waals surface area contributed by atoms with Gasteiger partial charge in [0.15, 0.2) is 10.8 Å². The number of nitrogens with one attached hydrogen (secondary N) is 1. The molecule has 0 spiro atoms. The summed E-state index contributed by atoms with van der Waals surface area (Å²) in [5.41, 5.74) is 0.870. The fraction of sp³-hybridized carbons (Fsp3) is 0.345. The summed E-state index contributed by atoms with van der Waals surface area (Å²) in [5, 5.41) is 1.85. The summed E-state index contributed by atoms with van der Waals surface area (Å²) in [5.74, 6) is -0.973. The molecule has 3 unspecified atom stereocenters. The van der Waals surface area contributed by atoms with E-state index >= 15 is 0 Å². The van der Waals surface area contributed by atoms with Gasteiger partial charge >= 0.3 is 6.09 Å². The molecule has 0 bridgehead atoms. The zero-order chi connectivity index (χ0) is 30.0. The maximum Gasteiger partial charge on any atom is 0.414 e. The molecule has 2 aromatic heterocycles. The van der Waals surface area contributed by atoms with Crippen LogP contribution < -0.4 is 10.1 Å². The summed E-state index contributed by atoms with van der Waals surface area (Å²) in [6.07, 6.45) is 2.21. The lowest BCUT2D eigenvalue weighted by atomic mass is 10.0. The molecule has 3 atom stereocenters. The third-order valence-corrected chi connectivity index (χ3v) is 9.96. The second kappa shape index (κ2) is 12.1. The van der Waals surface area contributed by atoms with Crippen LogP contribution in [-0.4, -0.2) is 76.7 Å². The molecule has 2 saturated heterocycles. The standard InChI is InChI=1S/C29H30N4O7S2/c1-18(2)15-21(31-29(37)40-25-11-10-24(41-25)19-7-4-3-5-8-19)27(35)32-14-12-22-26(32)23(34)17-33(22)42(38,39)28(36)20-9-6-13-30-16-20/h3-11,13,16,18,21-22,26H,12,14-15,17H2,1-2H3,(H,31,37). The third kappa shape index (κ3) is 5.98. The zero-order valence-electron chi connectivity index (χ0n) is 23.0. The Morgan fingerprint density at radius 2 is 1.86 bits per heavy atom. The van der Waals surface area contributed by atoms with Crippen molar-refractivity contribution < 1.29 is 32.3 Å². The van der Waals surface area contributed by atoms with E-state index in [0.717, 1.165) is 20.9 Å². The molecule has 220 valence electrons. The minimum atomic E-state index is -4.53. The van der Waals surface area contributed by atoms with E-state index in [4.69, 9.17) is 4.74 Å². The highest BCUT2D eigenvalue weighted by molar-refractivity contribution is 8.04. The quantitative estimate of drug-likeness (QED) is 0.409. The molecule has 5 rings (SSSR count). The maximum absolute atomic E-state index is 13.7. The Kier molecular flexibility index (Phi) is 8.53. The van der Waals surface area contributed by atoms with E-state index < -0.39 is 57.6 Å². The van der Waals surface area contributed by atoms with Crippen LogP contribution in [0.4, 0.5) is 4.79 Å². The highest BCUT2D eigenvalue weighted by Gasteiger charge is 2.55. The Morgan fingerprint density at radius 3 is 2.55 bits per heavy atom. The first-order valence-corrected chi connectivity index (χ1v) is 15.7. The lowest BCUT2D eigenvalue weighted by Gasteiger charge is -2.28. The van der Waals surface area contributed by atoms with Crippen LogP contribution in [0.25, 0.3) is 10.4 Å². The van der Waals surface area contributed by atoms with Gasteiger partial charge in [0.2, 0.25) is 5.91 Å². The smallest absolute Gasteiger partial charge is 0.399 e. The Bertz CT molecular complexity index is 1590. The number of hydrogen-bond acceptors (Lipinski definition) is 9. The first-order valence-electron chi connectivity index (χ1n) is 13.5. The Morgan fingerprint density at radius 1 is 1.10 bits per heavy atom. The number of thiophene rings is 1. The first-order chi connectivity index (χ1) is 20.1. The number of fused-ring (bicyclic) bond motifs is 1. The summed E-state index contributed by atoms with van der Waals surface area (Å²) < 4.78 is 32.8. The van der Waals surface area contributed by atoms with Crippen molar-refractivity contribution in [2.75, 3.05) is 13.1 Å². The van der Waals surface area contributed by atoms with Gasteiger partial charge in [-0.2, -0.15) is 4.31 Å². The summed E-state index contributed by atoms with van der Waals surface area (Å²) in [6.45, 7) is 3.37. The number of amides is 2. The first kappa shape index (κ1) is 29.5. The van der Waals surface area contributed by atoms with Crippen molar-refractivity contribution in [2.45, 2.75) is 44.8 Å². The van der Waals surface area contributed by atoms with Crippen molar-refractivity contribution >= 4 is 44.3 Å². The predicted molar refractivity (Wildman–Crippen MR) is 155 cm³/mol. The van der Waals surface area contributed by atoms with Crippen LogP contribution in [0, 0.1) is 5.92 Å². The molecular formula is C29H30N4O7S2. The summed E-state index contributed by atoms with van der Waals surface area (Å²) in [6, 6.07) is 13.0. The van der Waals surface area contributed by atoms with Crippen LogP contribution in [-0.2, 0) is 19.6 Å². The molecule has 2 amide bonds. The van der Waals surface area contributed by atoms with E-state index in [1.165, 1.54) is 34.6 Å². The van der Waals surface area contributed by atoms with Gasteiger partial charge in [0.25, 0.3) is 15.1 Å². The minimum absolute atomic E-state index is 0.0114. The van der Waals surface area contributed by atoms with Gasteiger partial charge in [-0.3, -0.25) is 19.4 Å². The second-order valence-electron chi connectivity index (χ2n) is 10.6. The number of ketones is 1. The van der Waals surface area contributed by atoms with Gasteiger partial charge in [0.1, 0.15) is 12.1 Å². The molecule has 1 N–H and O–H groups in total. The number of carbonyl (C=O) groups excluding carboxylic acids is 4. The second-order valence-corrected chi connectivity index (χ2v) is 13.4. The van der Waals surface area contributed by atoms with Crippen molar-refractivity contribution in [3.05, 3.63) is 72.6 Å². The molecule has 11 nitrogen and oxygen atoms in total. The molecule has 1 aromatic carbocycles. The maximum atomic E-state index is 13.7. The largest absolute Gasteiger partial charge is 0.414 e. The average Bonchev–Trinajstić information content (AvgIpc) is 3.70. The van der Waals surface area contributed by atoms with E-state index in [0.29, 0.717) is 5.06 Å². The normalized spacial score (nSPS) is 19.5. The van der Waals surface area contributed by atoms with Gasteiger partial charge in [-0.15, -0.1) is 0 Å². The van der Waals surface area contributed by atoms with Crippen LogP contribution in [0.1, 0.15) is 37.0 Å². The molecule has 0 radical (unpaired) electrons. The molecule has 0 saturated carbocycles. The van der Waals surface area contributed by atoms with Crippen LogP contribution in [0.15, 0.2) is 67.0 Å². The summed E-state index contributed by atoms with van der Waals surface area (Å²) in [7, 11) is -4.53. The minimum Gasteiger partial charge on any atom is -0.399 e. The molecule has 0 aliphatic carbocycles. The van der Waals surface area contributed by atoms with Gasteiger partial charge in [-0.1, -0.05) is 55.5 Å². The number of carbonyl (C=O) groups is 4. The van der Waals surface area contributed by atoms with Gasteiger partial charge in [0, 0.05) is 23.8 Å². The van der Waals surface area contributed by atoms with E-state index in [2.05, 4.69) is 10.3 Å². The lowest BCUT2D eigenvalue weighted by molar-refractivity contribution is -0.138. The van der Waals surface area contributed by atoms with Crippen LogP contribution in [0.2, 0.25) is 0 Å². The SMILES string of the molecule is CC(C)CC(NC(=O)Oc1ccc(-c2ccccc2)s1)C(=O)N1CCC2C1C(=O)CN2S(=O)(=O)C(=O)c1cccnc1. The molecule has 13 heteroatoms. The number of likely N-dealkylation sites (tertiary alicyclic amines) is 1. The number of Topliss-reactive ketones (excluding diaryl/α,β-unsaturated/α-hetero) is 1. The summed E-state index contributed by atoms with van der Waals surface area (Å²) >= 11 is 1.29. The number of sulfonamides is 1. The molecule has 4 heterocycles. The Hall–Kier alpha value is -3.94. The van der Waals surface area contributed by atoms with Gasteiger partial charge in [-0.05, 0) is 48.6 Å². The predicted octanol–water partition coefficient (Wildman–Crippen LogP) is 3.34. The summed E-state index contributed by atoms with van der Waals surface area (Å²) in [4.78, 5) is 58.5. The molecule has 3 aromatic rings. The van der Waals surface area contributed by atoms with Crippen molar-refractivity contribution in [1.29, 1.82) is 0 Å². The van der Waals surface area contributed by atoms with Crippen molar-refractivity contribution in [3.8, 4) is 15.5 Å². The van der Waals surface area contributed by atoms with E-state index in [9.17, 15) is 27.6 Å². The highest BCUT2D eigenvalue weighted by Crippen LogP contribution is 2.34. The Balaban J connectivity index is 1.28. The van der Waals surface area contributed by atoms with Crippen LogP contribution >= 0.6 is 11.3 Å². The van der Waals surface area contributed by atoms with Gasteiger partial charge in [-0.25, -0.2) is 13.2 Å². The number of pyridine rings is 1. The van der Waals surface area contributed by atoms with E-state index in [-0.39, 0.29) is 30.9 Å². The number of benzene rings is 1. The average molecular weight is 611 g/mol. The monoisotopic (exact) mass is 610 g/mol.